The lowest BCUT2D eigenvalue weighted by atomic mass is 9.96. The van der Waals surface area contributed by atoms with E-state index in [-0.39, 0.29) is 23.6 Å². The van der Waals surface area contributed by atoms with Crippen LogP contribution in [0, 0.1) is 0 Å². The second-order valence-corrected chi connectivity index (χ2v) is 6.46. The number of nitrogens with zero attached hydrogens (tertiary/aromatic N) is 2. The number of furan rings is 1. The van der Waals surface area contributed by atoms with Gasteiger partial charge in [0.05, 0.1) is 6.54 Å². The maximum Gasteiger partial charge on any atom is 0.371 e. The van der Waals surface area contributed by atoms with Gasteiger partial charge < -0.3 is 19.4 Å². The third-order valence-electron chi connectivity index (χ3n) is 3.27. The molecule has 0 aromatic carbocycles. The Morgan fingerprint density at radius 1 is 1.29 bits per heavy atom. The normalized spacial score (nSPS) is 11.5. The van der Waals surface area contributed by atoms with Crippen LogP contribution in [0.4, 0.5) is 0 Å². The number of carbonyl (C=O) groups is 2. The standard InChI is InChI=1S/C16H21N3O5/c1-16(2,3)15-18-13(24-19-15)6-4-5-12(20)17-9-10-7-8-11(23-10)14(21)22/h7-8H,4-6,9H2,1-3H3,(H,17,20)(H,21,22). The number of carboxylic acids is 1. The van der Waals surface area contributed by atoms with Crippen molar-refractivity contribution in [2.75, 3.05) is 0 Å². The number of carbonyl (C=O) groups excluding carboxylic acids is 1. The maximum atomic E-state index is 11.8. The molecule has 0 spiro atoms. The summed E-state index contributed by atoms with van der Waals surface area (Å²) < 4.78 is 10.2. The number of aromatic nitrogens is 2. The van der Waals surface area contributed by atoms with E-state index in [0.717, 1.165) is 0 Å². The first-order valence-electron chi connectivity index (χ1n) is 7.67. The van der Waals surface area contributed by atoms with Gasteiger partial charge in [0.1, 0.15) is 5.76 Å². The zero-order valence-corrected chi connectivity index (χ0v) is 14.0. The fourth-order valence-corrected chi connectivity index (χ4v) is 1.92. The number of aryl methyl sites for hydroxylation is 1. The van der Waals surface area contributed by atoms with E-state index < -0.39 is 5.97 Å². The SMILES string of the molecule is CC(C)(C)c1noc(CCCC(=O)NCc2ccc(C(=O)O)o2)n1. The van der Waals surface area contributed by atoms with Gasteiger partial charge in [-0.15, -0.1) is 0 Å². The molecule has 0 bridgehead atoms. The van der Waals surface area contributed by atoms with Crippen molar-refractivity contribution in [2.24, 2.45) is 0 Å². The van der Waals surface area contributed by atoms with Gasteiger partial charge in [-0.3, -0.25) is 4.79 Å². The van der Waals surface area contributed by atoms with Crippen LogP contribution in [0.1, 0.15) is 61.6 Å². The van der Waals surface area contributed by atoms with E-state index >= 15 is 0 Å². The van der Waals surface area contributed by atoms with Crippen LogP contribution in [-0.2, 0) is 23.2 Å². The van der Waals surface area contributed by atoms with E-state index in [2.05, 4.69) is 15.5 Å². The molecule has 2 heterocycles. The number of nitrogens with one attached hydrogen (secondary N) is 1. The van der Waals surface area contributed by atoms with Crippen molar-refractivity contribution in [3.05, 3.63) is 35.4 Å². The molecule has 2 aromatic heterocycles. The Labute approximate surface area is 139 Å². The third kappa shape index (κ3) is 4.94. The second kappa shape index (κ2) is 7.29. The topological polar surface area (TPSA) is 118 Å². The van der Waals surface area contributed by atoms with Gasteiger partial charge in [-0.1, -0.05) is 25.9 Å². The molecule has 8 nitrogen and oxygen atoms in total. The number of carboxylic acid groups (broad SMARTS) is 1. The molecule has 0 atom stereocenters. The molecule has 0 saturated carbocycles. The Kier molecular flexibility index (Phi) is 5.38. The van der Waals surface area contributed by atoms with Gasteiger partial charge in [0.2, 0.25) is 17.6 Å². The number of hydrogen-bond donors (Lipinski definition) is 2. The van der Waals surface area contributed by atoms with E-state index in [1.807, 2.05) is 20.8 Å². The molecule has 130 valence electrons. The quantitative estimate of drug-likeness (QED) is 0.796. The predicted octanol–water partition coefficient (Wildman–Crippen LogP) is 2.30. The monoisotopic (exact) mass is 335 g/mol. The van der Waals surface area contributed by atoms with Gasteiger partial charge in [0.15, 0.2) is 5.82 Å². The molecule has 0 aliphatic rings. The summed E-state index contributed by atoms with van der Waals surface area (Å²) in [5.41, 5.74) is -0.170. The van der Waals surface area contributed by atoms with Crippen molar-refractivity contribution in [3.8, 4) is 0 Å². The Morgan fingerprint density at radius 3 is 2.62 bits per heavy atom. The van der Waals surface area contributed by atoms with E-state index in [0.29, 0.717) is 36.7 Å². The number of amides is 1. The average molecular weight is 335 g/mol. The summed E-state index contributed by atoms with van der Waals surface area (Å²) in [7, 11) is 0. The van der Waals surface area contributed by atoms with Gasteiger partial charge in [-0.25, -0.2) is 4.79 Å². The summed E-state index contributed by atoms with van der Waals surface area (Å²) in [6.07, 6.45) is 1.41. The first kappa shape index (κ1) is 17.7. The van der Waals surface area contributed by atoms with E-state index in [9.17, 15) is 9.59 Å². The summed E-state index contributed by atoms with van der Waals surface area (Å²) in [5.74, 6) is 0.122. The van der Waals surface area contributed by atoms with Crippen LogP contribution >= 0.6 is 0 Å². The lowest BCUT2D eigenvalue weighted by Crippen LogP contribution is -2.22. The van der Waals surface area contributed by atoms with Crippen LogP contribution in [0.3, 0.4) is 0 Å². The maximum absolute atomic E-state index is 11.8. The molecule has 2 N–H and O–H groups in total. The molecule has 0 radical (unpaired) electrons. The predicted molar refractivity (Wildman–Crippen MR) is 83.5 cm³/mol. The summed E-state index contributed by atoms with van der Waals surface area (Å²) in [5, 5.41) is 15.4. The number of hydrogen-bond acceptors (Lipinski definition) is 6. The third-order valence-corrected chi connectivity index (χ3v) is 3.27. The fourth-order valence-electron chi connectivity index (χ4n) is 1.92. The fraction of sp³-hybridized carbons (Fsp3) is 0.500. The van der Waals surface area contributed by atoms with Crippen molar-refractivity contribution in [1.82, 2.24) is 15.5 Å². The molecular weight excluding hydrogens is 314 g/mol. The molecule has 24 heavy (non-hydrogen) atoms. The lowest BCUT2D eigenvalue weighted by molar-refractivity contribution is -0.121. The van der Waals surface area contributed by atoms with Crippen molar-refractivity contribution in [2.45, 2.75) is 52.0 Å². The molecule has 0 saturated heterocycles. The van der Waals surface area contributed by atoms with Crippen molar-refractivity contribution < 1.29 is 23.6 Å². The molecule has 8 heteroatoms. The first-order chi connectivity index (χ1) is 11.3. The summed E-state index contributed by atoms with van der Waals surface area (Å²) in [6.45, 7) is 6.15. The zero-order valence-electron chi connectivity index (χ0n) is 14.0. The molecule has 0 fully saturated rings. The van der Waals surface area contributed by atoms with Gasteiger partial charge in [0.25, 0.3) is 0 Å². The van der Waals surface area contributed by atoms with E-state index in [1.54, 1.807) is 0 Å². The second-order valence-electron chi connectivity index (χ2n) is 6.46. The minimum Gasteiger partial charge on any atom is -0.475 e. The van der Waals surface area contributed by atoms with Crippen LogP contribution in [0.5, 0.6) is 0 Å². The molecule has 2 rings (SSSR count). The highest BCUT2D eigenvalue weighted by atomic mass is 16.5. The summed E-state index contributed by atoms with van der Waals surface area (Å²) in [4.78, 5) is 26.8. The minimum absolute atomic E-state index is 0.148. The van der Waals surface area contributed by atoms with Gasteiger partial charge in [-0.05, 0) is 18.6 Å². The van der Waals surface area contributed by atoms with Gasteiger partial charge in [-0.2, -0.15) is 4.98 Å². The molecule has 1 amide bonds. The smallest absolute Gasteiger partial charge is 0.371 e. The number of aromatic carboxylic acids is 1. The Hall–Kier alpha value is -2.64. The molecule has 2 aromatic rings. The van der Waals surface area contributed by atoms with Crippen LogP contribution in [0.25, 0.3) is 0 Å². The number of rotatable bonds is 7. The lowest BCUT2D eigenvalue weighted by Gasteiger charge is -2.10. The largest absolute Gasteiger partial charge is 0.475 e. The summed E-state index contributed by atoms with van der Waals surface area (Å²) >= 11 is 0. The Bertz CT molecular complexity index is 711. The zero-order chi connectivity index (χ0) is 17.7. The highest BCUT2D eigenvalue weighted by Crippen LogP contribution is 2.18. The van der Waals surface area contributed by atoms with Gasteiger partial charge in [0, 0.05) is 18.3 Å². The van der Waals surface area contributed by atoms with Crippen molar-refractivity contribution in [1.29, 1.82) is 0 Å². The van der Waals surface area contributed by atoms with E-state index in [4.69, 9.17) is 14.0 Å². The first-order valence-corrected chi connectivity index (χ1v) is 7.67. The van der Waals surface area contributed by atoms with Crippen LogP contribution in [0.15, 0.2) is 21.1 Å². The highest BCUT2D eigenvalue weighted by molar-refractivity contribution is 5.84. The molecule has 0 aliphatic heterocycles. The Balaban J connectivity index is 1.71. The van der Waals surface area contributed by atoms with Crippen LogP contribution in [-0.4, -0.2) is 27.1 Å². The Morgan fingerprint density at radius 2 is 2.04 bits per heavy atom. The average Bonchev–Trinajstić information content (AvgIpc) is 3.13. The molecule has 0 unspecified atom stereocenters. The molecule has 0 aliphatic carbocycles. The summed E-state index contributed by atoms with van der Waals surface area (Å²) in [6, 6.07) is 2.88. The van der Waals surface area contributed by atoms with Crippen LogP contribution < -0.4 is 5.32 Å². The van der Waals surface area contributed by atoms with Crippen molar-refractivity contribution >= 4 is 11.9 Å². The van der Waals surface area contributed by atoms with E-state index in [1.165, 1.54) is 12.1 Å². The van der Waals surface area contributed by atoms with Crippen molar-refractivity contribution in [3.63, 3.8) is 0 Å². The highest BCUT2D eigenvalue weighted by Gasteiger charge is 2.20. The van der Waals surface area contributed by atoms with Gasteiger partial charge >= 0.3 is 5.97 Å². The minimum atomic E-state index is -1.14. The van der Waals surface area contributed by atoms with Crippen LogP contribution in [0.2, 0.25) is 0 Å². The molecular formula is C16H21N3O5.